The SMILES string of the molecule is C#N.CC(C)NC(CS)C(=O)C(C)C.CC(C)NC(CS)C(=O)C(C)C.CC(C)NC(CSS)C(=O)C(C)C.N#CS. The second kappa shape index (κ2) is 33.5. The molecule has 8 nitrogen and oxygen atoms in total. The van der Waals surface area contributed by atoms with E-state index in [2.05, 4.69) is 72.1 Å². The summed E-state index contributed by atoms with van der Waals surface area (Å²) in [7, 11) is 1.41. The Hall–Kier alpha value is -0.380. The molecule has 42 heavy (non-hydrogen) atoms. The number of carbonyl (C=O) groups excluding carboxylic acids is 3. The van der Waals surface area contributed by atoms with Gasteiger partial charge in [0.1, 0.15) is 5.40 Å². The Balaban J connectivity index is -0.000000151. The number of ketones is 3. The van der Waals surface area contributed by atoms with Crippen molar-refractivity contribution in [3.63, 3.8) is 0 Å². The number of hydrogen-bond acceptors (Lipinski definition) is 13. The minimum Gasteiger partial charge on any atom is -0.305 e. The van der Waals surface area contributed by atoms with Crippen molar-refractivity contribution >= 4 is 77.7 Å². The monoisotopic (exact) mass is 685 g/mol. The van der Waals surface area contributed by atoms with Gasteiger partial charge in [0, 0.05) is 59.7 Å². The van der Waals surface area contributed by atoms with Crippen LogP contribution in [0.25, 0.3) is 0 Å². The van der Waals surface area contributed by atoms with Gasteiger partial charge in [-0.25, -0.2) is 5.26 Å². The van der Waals surface area contributed by atoms with Crippen LogP contribution in [0.3, 0.4) is 0 Å². The van der Waals surface area contributed by atoms with E-state index < -0.39 is 0 Å². The van der Waals surface area contributed by atoms with Crippen LogP contribution in [0.4, 0.5) is 0 Å². The molecule has 0 bridgehead atoms. The lowest BCUT2D eigenvalue weighted by molar-refractivity contribution is -0.124. The lowest BCUT2D eigenvalue weighted by atomic mass is 10.0. The lowest BCUT2D eigenvalue weighted by Gasteiger charge is -2.20. The third-order valence-corrected chi connectivity index (χ3v) is 6.61. The number of hydrogen-bond donors (Lipinski definition) is 7. The van der Waals surface area contributed by atoms with Crippen LogP contribution in [-0.2, 0) is 14.4 Å². The largest absolute Gasteiger partial charge is 0.305 e. The van der Waals surface area contributed by atoms with Gasteiger partial charge in [0.2, 0.25) is 0 Å². The molecule has 0 heterocycles. The van der Waals surface area contributed by atoms with Crippen molar-refractivity contribution in [3.05, 3.63) is 0 Å². The first-order chi connectivity index (χ1) is 19.4. The highest BCUT2D eigenvalue weighted by Gasteiger charge is 2.22. The maximum absolute atomic E-state index is 11.7. The standard InChI is InChI=1S/C9H19NOS2.2C9H19NOS.CHNS.CHN/c1-6(2)9(11)8(5-13-12)10-7(3)4;2*1-6(2)9(11)8(5-12)10-7(3)4;2-1-3;1-2/h6-8,10,12H,5H2,1-4H3;2*6-8,10,12H,5H2,1-4H3;3H;1H. The van der Waals surface area contributed by atoms with Crippen molar-refractivity contribution in [1.82, 2.24) is 16.0 Å². The third-order valence-electron chi connectivity index (χ3n) is 4.95. The van der Waals surface area contributed by atoms with Crippen LogP contribution in [0.5, 0.6) is 0 Å². The Labute approximate surface area is 283 Å². The molecular formula is C29H59N5O3S5. The van der Waals surface area contributed by atoms with Crippen LogP contribution in [0.2, 0.25) is 0 Å². The Bertz CT molecular complexity index is 709. The molecule has 248 valence electrons. The molecule has 0 fully saturated rings. The quantitative estimate of drug-likeness (QED) is 0.0620. The van der Waals surface area contributed by atoms with Crippen LogP contribution in [-0.4, -0.2) is 70.9 Å². The number of nitrogens with zero attached hydrogens (tertiary/aromatic N) is 2. The molecule has 0 aliphatic carbocycles. The van der Waals surface area contributed by atoms with Gasteiger partial charge in [0.15, 0.2) is 17.3 Å². The third kappa shape index (κ3) is 32.5. The molecule has 0 rings (SSSR count). The van der Waals surface area contributed by atoms with Gasteiger partial charge in [-0.2, -0.15) is 30.5 Å². The van der Waals surface area contributed by atoms with E-state index in [1.807, 2.05) is 83.1 Å². The van der Waals surface area contributed by atoms with E-state index >= 15 is 0 Å². The molecule has 0 aromatic rings. The van der Waals surface area contributed by atoms with Gasteiger partial charge in [0.05, 0.1) is 18.1 Å². The number of rotatable bonds is 16. The molecule has 3 unspecified atom stereocenters. The fourth-order valence-corrected chi connectivity index (χ4v) is 4.58. The second-order valence-electron chi connectivity index (χ2n) is 11.1. The number of nitrogens with one attached hydrogen (secondary N) is 3. The summed E-state index contributed by atoms with van der Waals surface area (Å²) in [5, 5.41) is 24.7. The molecule has 0 saturated heterocycles. The highest BCUT2D eigenvalue weighted by molar-refractivity contribution is 8.68. The predicted molar refractivity (Wildman–Crippen MR) is 196 cm³/mol. The highest BCUT2D eigenvalue weighted by Crippen LogP contribution is 2.11. The molecule has 3 N–H and O–H groups in total. The number of thiol groups is 4. The Morgan fingerprint density at radius 1 is 0.643 bits per heavy atom. The van der Waals surface area contributed by atoms with Crippen molar-refractivity contribution in [3.8, 4) is 12.0 Å². The Morgan fingerprint density at radius 3 is 1.02 bits per heavy atom. The van der Waals surface area contributed by atoms with Gasteiger partial charge >= 0.3 is 0 Å². The first kappa shape index (κ1) is 51.2. The highest BCUT2D eigenvalue weighted by atomic mass is 33.1. The zero-order chi connectivity index (χ0) is 34.6. The van der Waals surface area contributed by atoms with E-state index in [0.717, 1.165) is 5.75 Å². The smallest absolute Gasteiger partial charge is 0.153 e. The number of carbonyl (C=O) groups is 3. The molecule has 0 saturated carbocycles. The predicted octanol–water partition coefficient (Wildman–Crippen LogP) is 5.71. The normalized spacial score (nSPS) is 12.5. The van der Waals surface area contributed by atoms with Crippen molar-refractivity contribution in [2.45, 2.75) is 119 Å². The summed E-state index contributed by atoms with van der Waals surface area (Å²) in [6.07, 6.45) is 0. The second-order valence-corrected chi connectivity index (χ2v) is 13.4. The van der Waals surface area contributed by atoms with Crippen molar-refractivity contribution in [2.75, 3.05) is 17.3 Å². The van der Waals surface area contributed by atoms with E-state index in [1.54, 1.807) is 0 Å². The average molecular weight is 686 g/mol. The van der Waals surface area contributed by atoms with Gasteiger partial charge in [-0.1, -0.05) is 107 Å². The van der Waals surface area contributed by atoms with Crippen molar-refractivity contribution in [1.29, 1.82) is 10.5 Å². The van der Waals surface area contributed by atoms with Crippen LogP contribution in [0.1, 0.15) is 83.1 Å². The minimum atomic E-state index is -0.0895. The van der Waals surface area contributed by atoms with E-state index in [1.165, 1.54) is 16.2 Å². The molecule has 0 aromatic heterocycles. The summed E-state index contributed by atoms with van der Waals surface area (Å²) in [6, 6.07) is 0.784. The van der Waals surface area contributed by atoms with Crippen LogP contribution < -0.4 is 16.0 Å². The zero-order valence-electron chi connectivity index (χ0n) is 27.7. The molecule has 0 radical (unpaired) electrons. The fourth-order valence-electron chi connectivity index (χ4n) is 3.15. The fraction of sp³-hybridized carbons (Fsp3) is 0.828. The number of Topliss-reactive ketones (excluding diaryl/α,β-unsaturated/α-hetero) is 3. The van der Waals surface area contributed by atoms with Crippen LogP contribution in [0, 0.1) is 40.3 Å². The molecule has 0 spiro atoms. The zero-order valence-corrected chi connectivity index (χ0v) is 32.1. The van der Waals surface area contributed by atoms with Crippen LogP contribution in [0.15, 0.2) is 0 Å². The first-order valence-corrected chi connectivity index (χ1v) is 17.8. The van der Waals surface area contributed by atoms with E-state index in [4.69, 9.17) is 10.5 Å². The summed E-state index contributed by atoms with van der Waals surface area (Å²) in [5.74, 6) is 2.94. The van der Waals surface area contributed by atoms with E-state index in [0.29, 0.717) is 29.6 Å². The van der Waals surface area contributed by atoms with E-state index in [9.17, 15) is 14.4 Å². The Morgan fingerprint density at radius 2 is 0.857 bits per heavy atom. The maximum atomic E-state index is 11.7. The van der Waals surface area contributed by atoms with Crippen LogP contribution >= 0.6 is 60.3 Å². The Kier molecular flexibility index (Phi) is 40.9. The molecule has 0 amide bonds. The van der Waals surface area contributed by atoms with Gasteiger partial charge < -0.3 is 16.0 Å². The van der Waals surface area contributed by atoms with Gasteiger partial charge in [-0.05, 0) is 0 Å². The summed E-state index contributed by atoms with van der Waals surface area (Å²) in [5.41, 5.74) is 0. The molecule has 3 atom stereocenters. The van der Waals surface area contributed by atoms with Gasteiger partial charge in [-0.15, -0.1) is 11.7 Å². The average Bonchev–Trinajstić information content (AvgIpc) is 2.90. The minimum absolute atomic E-state index is 0.0532. The van der Waals surface area contributed by atoms with E-state index in [-0.39, 0.29) is 53.2 Å². The molecule has 0 aromatic carbocycles. The summed E-state index contributed by atoms with van der Waals surface area (Å²) < 4.78 is 0. The first-order valence-electron chi connectivity index (χ1n) is 14.0. The number of nitriles is 2. The summed E-state index contributed by atoms with van der Waals surface area (Å²) >= 11 is 15.4. The van der Waals surface area contributed by atoms with Gasteiger partial charge in [0.25, 0.3) is 0 Å². The maximum Gasteiger partial charge on any atom is 0.153 e. The summed E-state index contributed by atoms with van der Waals surface area (Å²) in [6.45, 7) is 27.2. The molecule has 0 aliphatic rings. The van der Waals surface area contributed by atoms with Crippen molar-refractivity contribution in [2.24, 2.45) is 17.8 Å². The molecule has 13 heteroatoms. The lowest BCUT2D eigenvalue weighted by Crippen LogP contribution is -2.44. The molecule has 0 aliphatic heterocycles. The topological polar surface area (TPSA) is 135 Å². The number of thiocyanates is 1. The van der Waals surface area contributed by atoms with Gasteiger partial charge in [-0.3, -0.25) is 14.4 Å². The summed E-state index contributed by atoms with van der Waals surface area (Å²) in [4.78, 5) is 34.7. The molecular weight excluding hydrogens is 627 g/mol. The van der Waals surface area contributed by atoms with Crippen molar-refractivity contribution < 1.29 is 14.4 Å².